The predicted molar refractivity (Wildman–Crippen MR) is 159 cm³/mol. The van der Waals surface area contributed by atoms with Crippen LogP contribution in [0.1, 0.15) is 131 Å². The largest absolute Gasteiger partial charge is 0.487 e. The van der Waals surface area contributed by atoms with E-state index in [0.717, 1.165) is 96.3 Å². The molecule has 224 valence electrons. The van der Waals surface area contributed by atoms with Crippen molar-refractivity contribution >= 4 is 11.8 Å². The first-order valence-corrected chi connectivity index (χ1v) is 15.7. The Labute approximate surface area is 238 Å². The molecule has 0 atom stereocenters. The van der Waals surface area contributed by atoms with E-state index in [2.05, 4.69) is 39.6 Å². The van der Waals surface area contributed by atoms with Crippen LogP contribution >= 0.6 is 0 Å². The fourth-order valence-corrected chi connectivity index (χ4v) is 4.07. The average molecular weight is 550 g/mol. The number of hydrogen-bond acceptors (Lipinski definition) is 7. The van der Waals surface area contributed by atoms with Crippen molar-refractivity contribution < 1.29 is 28.5 Å². The Balaban J connectivity index is 3.70. The highest BCUT2D eigenvalue weighted by molar-refractivity contribution is 5.80. The Bertz CT molecular complexity index is 757. The van der Waals surface area contributed by atoms with E-state index in [-0.39, 0.29) is 5.69 Å². The molecule has 0 aliphatic carbocycles. The molecule has 7 nitrogen and oxygen atoms in total. The Morgan fingerprint density at radius 3 is 0.949 bits per heavy atom. The van der Waals surface area contributed by atoms with Gasteiger partial charge in [-0.3, -0.25) is 0 Å². The van der Waals surface area contributed by atoms with Crippen LogP contribution in [0.15, 0.2) is 4.99 Å². The highest BCUT2D eigenvalue weighted by atomic mass is 16.6. The first-order valence-electron chi connectivity index (χ1n) is 15.7. The van der Waals surface area contributed by atoms with Gasteiger partial charge in [0.15, 0.2) is 17.2 Å². The topological polar surface area (TPSA) is 75.6 Å². The monoisotopic (exact) mass is 549 g/mol. The van der Waals surface area contributed by atoms with Crippen LogP contribution in [-0.2, 0) is 4.79 Å². The molecule has 1 rings (SSSR count). The molecule has 0 saturated carbocycles. The van der Waals surface area contributed by atoms with Crippen molar-refractivity contribution in [1.82, 2.24) is 0 Å². The summed E-state index contributed by atoms with van der Waals surface area (Å²) >= 11 is 0. The van der Waals surface area contributed by atoms with Crippen LogP contribution in [0, 0.1) is 0 Å². The summed E-state index contributed by atoms with van der Waals surface area (Å²) in [4.78, 5) is 15.8. The number of aliphatic imine (C=N–C) groups is 1. The third-order valence-corrected chi connectivity index (χ3v) is 6.38. The van der Waals surface area contributed by atoms with Gasteiger partial charge in [-0.15, -0.1) is 0 Å². The Hall–Kier alpha value is -2.40. The minimum Gasteiger partial charge on any atom is -0.487 e. The van der Waals surface area contributed by atoms with Crippen LogP contribution in [0.4, 0.5) is 5.69 Å². The molecule has 1 aromatic carbocycles. The molecular formula is C32H55NO6. The van der Waals surface area contributed by atoms with Crippen LogP contribution < -0.4 is 23.7 Å². The minimum absolute atomic E-state index is 0.273. The van der Waals surface area contributed by atoms with Crippen LogP contribution in [0.2, 0.25) is 0 Å². The maximum atomic E-state index is 11.7. The van der Waals surface area contributed by atoms with Crippen molar-refractivity contribution in [3.8, 4) is 28.7 Å². The second-order valence-corrected chi connectivity index (χ2v) is 9.98. The predicted octanol–water partition coefficient (Wildman–Crippen LogP) is 9.50. The second kappa shape index (κ2) is 23.5. The average Bonchev–Trinajstić information content (AvgIpc) is 2.94. The SMILES string of the molecule is CCCCCOc1c(N=C=O)c(OCCCCC)c(OCCCCC)c(OCCCCC)c1OCCCCC. The highest BCUT2D eigenvalue weighted by Gasteiger charge is 2.31. The molecule has 1 aromatic rings. The van der Waals surface area contributed by atoms with E-state index in [4.69, 9.17) is 23.7 Å². The number of unbranched alkanes of at least 4 members (excludes halogenated alkanes) is 10. The summed E-state index contributed by atoms with van der Waals surface area (Å²) in [6.45, 7) is 13.3. The summed E-state index contributed by atoms with van der Waals surface area (Å²) in [5, 5.41) is 0. The second-order valence-electron chi connectivity index (χ2n) is 9.98. The van der Waals surface area contributed by atoms with Crippen molar-refractivity contribution in [1.29, 1.82) is 0 Å². The molecule has 0 aliphatic rings. The molecule has 0 aromatic heterocycles. The van der Waals surface area contributed by atoms with Gasteiger partial charge < -0.3 is 23.7 Å². The van der Waals surface area contributed by atoms with Crippen molar-refractivity contribution in [2.45, 2.75) is 131 Å². The molecule has 0 amide bonds. The Kier molecular flexibility index (Phi) is 20.9. The third kappa shape index (κ3) is 13.5. The van der Waals surface area contributed by atoms with Gasteiger partial charge in [0.05, 0.1) is 33.0 Å². The molecule has 0 radical (unpaired) electrons. The zero-order valence-corrected chi connectivity index (χ0v) is 25.5. The van der Waals surface area contributed by atoms with Gasteiger partial charge in [-0.25, -0.2) is 4.79 Å². The summed E-state index contributed by atoms with van der Waals surface area (Å²) in [6, 6.07) is 0. The van der Waals surface area contributed by atoms with Crippen LogP contribution in [-0.4, -0.2) is 39.1 Å². The molecule has 7 heteroatoms. The maximum Gasteiger partial charge on any atom is 0.240 e. The summed E-state index contributed by atoms with van der Waals surface area (Å²) in [5.74, 6) is 2.13. The normalized spacial score (nSPS) is 10.7. The van der Waals surface area contributed by atoms with Gasteiger partial charge in [-0.1, -0.05) is 98.8 Å². The van der Waals surface area contributed by atoms with Crippen LogP contribution in [0.3, 0.4) is 0 Å². The summed E-state index contributed by atoms with van der Waals surface area (Å²) in [5.41, 5.74) is 0.273. The molecule has 0 N–H and O–H groups in total. The number of ether oxygens (including phenoxy) is 5. The molecule has 0 heterocycles. The van der Waals surface area contributed by atoms with Gasteiger partial charge in [0.1, 0.15) is 0 Å². The Morgan fingerprint density at radius 1 is 0.436 bits per heavy atom. The maximum absolute atomic E-state index is 11.7. The fraction of sp³-hybridized carbons (Fsp3) is 0.781. The van der Waals surface area contributed by atoms with E-state index < -0.39 is 0 Å². The van der Waals surface area contributed by atoms with Gasteiger partial charge in [0.2, 0.25) is 23.3 Å². The number of benzene rings is 1. The van der Waals surface area contributed by atoms with E-state index in [1.165, 1.54) is 0 Å². The molecule has 0 saturated heterocycles. The van der Waals surface area contributed by atoms with Crippen molar-refractivity contribution in [3.63, 3.8) is 0 Å². The van der Waals surface area contributed by atoms with E-state index in [9.17, 15) is 4.79 Å². The molecule has 0 aliphatic heterocycles. The molecule has 0 bridgehead atoms. The Morgan fingerprint density at radius 2 is 0.692 bits per heavy atom. The third-order valence-electron chi connectivity index (χ3n) is 6.38. The van der Waals surface area contributed by atoms with Crippen LogP contribution in [0.5, 0.6) is 28.7 Å². The number of isocyanates is 1. The first kappa shape index (κ1) is 34.6. The van der Waals surface area contributed by atoms with Gasteiger partial charge in [-0.05, 0) is 32.1 Å². The van der Waals surface area contributed by atoms with Crippen molar-refractivity contribution in [2.75, 3.05) is 33.0 Å². The van der Waals surface area contributed by atoms with Gasteiger partial charge >= 0.3 is 0 Å². The lowest BCUT2D eigenvalue weighted by molar-refractivity contribution is 0.209. The van der Waals surface area contributed by atoms with Gasteiger partial charge in [0.25, 0.3) is 0 Å². The number of nitrogens with zero attached hydrogens (tertiary/aromatic N) is 1. The lowest BCUT2D eigenvalue weighted by Gasteiger charge is -2.24. The lowest BCUT2D eigenvalue weighted by Crippen LogP contribution is -2.11. The van der Waals surface area contributed by atoms with E-state index in [1.807, 2.05) is 0 Å². The van der Waals surface area contributed by atoms with E-state index in [1.54, 1.807) is 6.08 Å². The number of hydrogen-bond donors (Lipinski definition) is 0. The summed E-state index contributed by atoms with van der Waals surface area (Å²) < 4.78 is 31.7. The minimum atomic E-state index is 0.273. The number of carbonyl (C=O) groups excluding carboxylic acids is 1. The van der Waals surface area contributed by atoms with Crippen molar-refractivity contribution in [3.05, 3.63) is 0 Å². The smallest absolute Gasteiger partial charge is 0.240 e. The van der Waals surface area contributed by atoms with E-state index in [0.29, 0.717) is 61.8 Å². The van der Waals surface area contributed by atoms with Gasteiger partial charge in [0, 0.05) is 0 Å². The molecular weight excluding hydrogens is 494 g/mol. The standard InChI is InChI=1S/C32H55NO6/c1-6-11-16-21-35-28-27(33-26-34)29(36-22-17-12-7-2)31(38-24-19-14-9-4)32(39-25-20-15-10-5)30(28)37-23-18-13-8-3/h6-25H2,1-5H3. The molecule has 39 heavy (non-hydrogen) atoms. The summed E-state index contributed by atoms with van der Waals surface area (Å²) in [7, 11) is 0. The van der Waals surface area contributed by atoms with Crippen molar-refractivity contribution in [2.24, 2.45) is 4.99 Å². The molecule has 0 unspecified atom stereocenters. The quantitative estimate of drug-likeness (QED) is 0.0650. The van der Waals surface area contributed by atoms with E-state index >= 15 is 0 Å². The zero-order chi connectivity index (χ0) is 28.6. The lowest BCUT2D eigenvalue weighted by atomic mass is 10.2. The molecule has 0 fully saturated rings. The zero-order valence-electron chi connectivity index (χ0n) is 25.5. The summed E-state index contributed by atoms with van der Waals surface area (Å²) in [6.07, 6.45) is 16.8. The number of rotatable bonds is 26. The molecule has 0 spiro atoms. The van der Waals surface area contributed by atoms with Gasteiger partial charge in [-0.2, -0.15) is 4.99 Å². The van der Waals surface area contributed by atoms with Crippen LogP contribution in [0.25, 0.3) is 0 Å². The highest BCUT2D eigenvalue weighted by Crippen LogP contribution is 2.58. The first-order chi connectivity index (χ1) is 19.2. The fourth-order valence-electron chi connectivity index (χ4n) is 4.07.